The first kappa shape index (κ1) is 15.3. The molecule has 0 aliphatic rings. The molecule has 0 spiro atoms. The topological polar surface area (TPSA) is 33.1 Å². The van der Waals surface area contributed by atoms with Crippen molar-refractivity contribution in [3.63, 3.8) is 0 Å². The number of hydrogen-bond donors (Lipinski definition) is 1. The van der Waals surface area contributed by atoms with E-state index in [-0.39, 0.29) is 16.1 Å². The Kier molecular flexibility index (Phi) is 3.84. The average Bonchev–Trinajstić information content (AvgIpc) is 2.99. The predicted octanol–water partition coefficient (Wildman–Crippen LogP) is 5.05. The molecular weight excluding hydrogens is 335 g/mol. The lowest BCUT2D eigenvalue weighted by Crippen LogP contribution is -2.11. The number of benzene rings is 1. The summed E-state index contributed by atoms with van der Waals surface area (Å²) in [5, 5.41) is 14.4. The highest BCUT2D eigenvalue weighted by molar-refractivity contribution is 7.08. The number of aliphatic hydroxyl groups is 1. The lowest BCUT2D eigenvalue weighted by Gasteiger charge is -2.16. The van der Waals surface area contributed by atoms with Gasteiger partial charge in [-0.25, -0.2) is 4.98 Å². The van der Waals surface area contributed by atoms with Crippen molar-refractivity contribution in [1.29, 1.82) is 0 Å². The molecule has 2 nitrogen and oxygen atoms in total. The molecule has 114 valence electrons. The Morgan fingerprint density at radius 2 is 2.00 bits per heavy atom. The molecule has 2 aromatic heterocycles. The fourth-order valence-corrected chi connectivity index (χ4v) is 3.12. The minimum atomic E-state index is -4.61. The zero-order chi connectivity index (χ0) is 15.9. The molecular formula is C15H9ClF3NOS. The molecule has 0 saturated carbocycles. The van der Waals surface area contributed by atoms with Crippen LogP contribution >= 0.6 is 22.9 Å². The van der Waals surface area contributed by atoms with Gasteiger partial charge in [-0.15, -0.1) is 0 Å². The van der Waals surface area contributed by atoms with E-state index in [0.717, 1.165) is 6.07 Å². The van der Waals surface area contributed by atoms with E-state index in [4.69, 9.17) is 11.6 Å². The van der Waals surface area contributed by atoms with Crippen LogP contribution in [0.1, 0.15) is 22.9 Å². The van der Waals surface area contributed by atoms with E-state index in [1.807, 2.05) is 0 Å². The highest BCUT2D eigenvalue weighted by Crippen LogP contribution is 2.37. The van der Waals surface area contributed by atoms with Gasteiger partial charge < -0.3 is 5.11 Å². The lowest BCUT2D eigenvalue weighted by atomic mass is 9.99. The monoisotopic (exact) mass is 343 g/mol. The number of halogens is 4. The molecule has 1 aromatic carbocycles. The Morgan fingerprint density at radius 3 is 2.64 bits per heavy atom. The molecule has 0 aliphatic heterocycles. The number of nitrogens with zero attached hydrogens (tertiary/aromatic N) is 1. The molecule has 1 unspecified atom stereocenters. The van der Waals surface area contributed by atoms with Crippen LogP contribution in [0.25, 0.3) is 10.9 Å². The van der Waals surface area contributed by atoms with Crippen molar-refractivity contribution in [3.05, 3.63) is 62.9 Å². The van der Waals surface area contributed by atoms with Gasteiger partial charge in [0.25, 0.3) is 0 Å². The van der Waals surface area contributed by atoms with Gasteiger partial charge in [-0.3, -0.25) is 0 Å². The third kappa shape index (κ3) is 2.69. The zero-order valence-electron chi connectivity index (χ0n) is 10.9. The molecule has 0 aliphatic carbocycles. The smallest absolute Gasteiger partial charge is 0.384 e. The summed E-state index contributed by atoms with van der Waals surface area (Å²) >= 11 is 7.33. The van der Waals surface area contributed by atoms with Crippen LogP contribution in [0.4, 0.5) is 13.2 Å². The molecule has 7 heteroatoms. The van der Waals surface area contributed by atoms with Gasteiger partial charge >= 0.3 is 6.18 Å². The minimum absolute atomic E-state index is 0.0308. The molecule has 1 N–H and O–H groups in total. The second-order valence-corrected chi connectivity index (χ2v) is 5.88. The summed E-state index contributed by atoms with van der Waals surface area (Å²) in [6.07, 6.45) is -5.78. The van der Waals surface area contributed by atoms with Crippen molar-refractivity contribution in [2.45, 2.75) is 12.3 Å². The number of para-hydroxylation sites is 1. The van der Waals surface area contributed by atoms with Crippen molar-refractivity contribution < 1.29 is 18.3 Å². The minimum Gasteiger partial charge on any atom is -0.384 e. The van der Waals surface area contributed by atoms with E-state index >= 15 is 0 Å². The molecule has 2 heterocycles. The van der Waals surface area contributed by atoms with Gasteiger partial charge in [-0.05, 0) is 40.1 Å². The lowest BCUT2D eigenvalue weighted by molar-refractivity contribution is -0.141. The summed E-state index contributed by atoms with van der Waals surface area (Å²) in [5.74, 6) is 0. The van der Waals surface area contributed by atoms with Gasteiger partial charge in [0, 0.05) is 5.39 Å². The van der Waals surface area contributed by atoms with Gasteiger partial charge in [-0.1, -0.05) is 23.7 Å². The first-order chi connectivity index (χ1) is 10.4. The number of aromatic nitrogens is 1. The van der Waals surface area contributed by atoms with E-state index in [1.165, 1.54) is 17.4 Å². The first-order valence-corrected chi connectivity index (χ1v) is 7.56. The second-order valence-electron chi connectivity index (χ2n) is 4.69. The summed E-state index contributed by atoms with van der Waals surface area (Å²) in [6.45, 7) is 0. The highest BCUT2D eigenvalue weighted by atomic mass is 35.5. The number of hydrogen-bond acceptors (Lipinski definition) is 3. The van der Waals surface area contributed by atoms with E-state index in [2.05, 4.69) is 4.98 Å². The number of aliphatic hydroxyl groups excluding tert-OH is 1. The van der Waals surface area contributed by atoms with Gasteiger partial charge in [0.2, 0.25) is 0 Å². The van der Waals surface area contributed by atoms with Crippen LogP contribution < -0.4 is 0 Å². The van der Waals surface area contributed by atoms with E-state index < -0.39 is 18.0 Å². The quantitative estimate of drug-likeness (QED) is 0.706. The molecule has 0 fully saturated rings. The van der Waals surface area contributed by atoms with Crippen molar-refractivity contribution in [1.82, 2.24) is 4.98 Å². The van der Waals surface area contributed by atoms with Crippen molar-refractivity contribution in [2.24, 2.45) is 0 Å². The van der Waals surface area contributed by atoms with Crippen LogP contribution in [0.15, 0.2) is 41.1 Å². The van der Waals surface area contributed by atoms with Gasteiger partial charge in [0.1, 0.15) is 11.8 Å². The molecule has 22 heavy (non-hydrogen) atoms. The maximum atomic E-state index is 13.0. The number of fused-ring (bicyclic) bond motifs is 1. The van der Waals surface area contributed by atoms with E-state index in [0.29, 0.717) is 10.9 Å². The fraction of sp³-hybridized carbons (Fsp3) is 0.133. The summed E-state index contributed by atoms with van der Waals surface area (Å²) in [4.78, 5) is 3.60. The Balaban J connectivity index is 2.30. The molecule has 0 amide bonds. The Bertz CT molecular complexity index is 818. The molecule has 0 bridgehead atoms. The van der Waals surface area contributed by atoms with E-state index in [1.54, 1.807) is 29.0 Å². The largest absolute Gasteiger partial charge is 0.433 e. The maximum absolute atomic E-state index is 13.0. The SMILES string of the molecule is OC(c1ccsc1)c1cc(C(F)(F)F)nc2c(Cl)cccc12. The van der Waals surface area contributed by atoms with Crippen LogP contribution in [0.5, 0.6) is 0 Å². The molecule has 3 aromatic rings. The number of alkyl halides is 3. The maximum Gasteiger partial charge on any atom is 0.433 e. The first-order valence-electron chi connectivity index (χ1n) is 6.24. The normalized spacial score (nSPS) is 13.5. The van der Waals surface area contributed by atoms with Crippen molar-refractivity contribution in [2.75, 3.05) is 0 Å². The number of pyridine rings is 1. The van der Waals surface area contributed by atoms with Crippen molar-refractivity contribution >= 4 is 33.8 Å². The predicted molar refractivity (Wildman–Crippen MR) is 80.1 cm³/mol. The van der Waals surface area contributed by atoms with Crippen LogP contribution in [0.3, 0.4) is 0 Å². The molecule has 3 rings (SSSR count). The van der Waals surface area contributed by atoms with Crippen molar-refractivity contribution in [3.8, 4) is 0 Å². The van der Waals surface area contributed by atoms with Gasteiger partial charge in [0.05, 0.1) is 10.5 Å². The molecule has 0 saturated heterocycles. The molecule has 1 atom stereocenters. The highest BCUT2D eigenvalue weighted by Gasteiger charge is 2.34. The fourth-order valence-electron chi connectivity index (χ4n) is 2.22. The standard InChI is InChI=1S/C15H9ClF3NOS/c16-11-3-1-2-9-10(14(21)8-4-5-22-7-8)6-12(15(17,18)19)20-13(9)11/h1-7,14,21H. The average molecular weight is 344 g/mol. The number of thiophene rings is 1. The molecule has 0 radical (unpaired) electrons. The Hall–Kier alpha value is -1.63. The van der Waals surface area contributed by atoms with Crippen LogP contribution in [-0.4, -0.2) is 10.1 Å². The van der Waals surface area contributed by atoms with Crippen LogP contribution in [0.2, 0.25) is 5.02 Å². The van der Waals surface area contributed by atoms with Crippen LogP contribution in [0, 0.1) is 0 Å². The van der Waals surface area contributed by atoms with Crippen LogP contribution in [-0.2, 0) is 6.18 Å². The third-order valence-electron chi connectivity index (χ3n) is 3.27. The van der Waals surface area contributed by atoms with E-state index in [9.17, 15) is 18.3 Å². The summed E-state index contributed by atoms with van der Waals surface area (Å²) in [7, 11) is 0. The van der Waals surface area contributed by atoms with Gasteiger partial charge in [-0.2, -0.15) is 24.5 Å². The second kappa shape index (κ2) is 5.53. The summed E-state index contributed by atoms with van der Waals surface area (Å²) in [6, 6.07) is 7.22. The Labute approximate surface area is 132 Å². The number of rotatable bonds is 2. The van der Waals surface area contributed by atoms with Gasteiger partial charge in [0.15, 0.2) is 0 Å². The third-order valence-corrected chi connectivity index (χ3v) is 4.27. The summed E-state index contributed by atoms with van der Waals surface area (Å²) < 4.78 is 39.1. The zero-order valence-corrected chi connectivity index (χ0v) is 12.5. The Morgan fingerprint density at radius 1 is 1.23 bits per heavy atom. The summed E-state index contributed by atoms with van der Waals surface area (Å²) in [5.41, 5.74) is -0.371.